The van der Waals surface area contributed by atoms with Crippen LogP contribution >= 0.6 is 11.3 Å². The molecule has 0 saturated carbocycles. The molecule has 2 aromatic heterocycles. The molecule has 5 rings (SSSR count). The average molecular weight is 524 g/mol. The second-order valence-corrected chi connectivity index (χ2v) is 9.03. The summed E-state index contributed by atoms with van der Waals surface area (Å²) in [5, 5.41) is 13.6. The molecule has 2 heterocycles. The van der Waals surface area contributed by atoms with Gasteiger partial charge >= 0.3 is 12.1 Å². The third-order valence-electron chi connectivity index (χ3n) is 5.59. The Bertz CT molecular complexity index is 1640. The number of fused-ring (bicyclic) bond motifs is 1. The Morgan fingerprint density at radius 3 is 2.43 bits per heavy atom. The molecule has 0 aliphatic carbocycles. The van der Waals surface area contributed by atoms with E-state index in [9.17, 15) is 22.4 Å². The van der Waals surface area contributed by atoms with E-state index in [0.29, 0.717) is 16.8 Å². The number of benzene rings is 3. The standard InChI is InChI=1S/C26H17F4N5OS/c1-15(16-8-10-21(27)11-9-16)31-32-23(36)24-33-34-25(37-24)35-14-20(26(28,29)30)13-22(35)19-7-6-17-4-2-3-5-18(17)12-19/h2-14H,1H3,(H,32,36). The Morgan fingerprint density at radius 1 is 0.973 bits per heavy atom. The minimum Gasteiger partial charge on any atom is -0.291 e. The van der Waals surface area contributed by atoms with Crippen LogP contribution in [0.25, 0.3) is 27.2 Å². The summed E-state index contributed by atoms with van der Waals surface area (Å²) in [5.41, 5.74) is 3.33. The van der Waals surface area contributed by atoms with Crippen LogP contribution < -0.4 is 5.43 Å². The summed E-state index contributed by atoms with van der Waals surface area (Å²) < 4.78 is 55.2. The van der Waals surface area contributed by atoms with Gasteiger partial charge in [-0.15, -0.1) is 10.2 Å². The van der Waals surface area contributed by atoms with E-state index in [4.69, 9.17) is 0 Å². The third kappa shape index (κ3) is 5.12. The van der Waals surface area contributed by atoms with Gasteiger partial charge in [0.15, 0.2) is 0 Å². The molecule has 6 nitrogen and oxygen atoms in total. The fourth-order valence-corrected chi connectivity index (χ4v) is 4.41. The predicted octanol–water partition coefficient (Wildman–Crippen LogP) is 6.46. The number of hydrazone groups is 1. The summed E-state index contributed by atoms with van der Waals surface area (Å²) in [5.74, 6) is -1.08. The minimum absolute atomic E-state index is 0.0858. The quantitative estimate of drug-likeness (QED) is 0.163. The highest BCUT2D eigenvalue weighted by molar-refractivity contribution is 7.15. The summed E-state index contributed by atoms with van der Waals surface area (Å²) in [6.45, 7) is 1.63. The maximum absolute atomic E-state index is 13.6. The van der Waals surface area contributed by atoms with E-state index in [1.165, 1.54) is 28.8 Å². The number of carbonyl (C=O) groups is 1. The first-order valence-electron chi connectivity index (χ1n) is 10.9. The first kappa shape index (κ1) is 24.3. The number of carbonyl (C=O) groups excluding carboxylic acids is 1. The van der Waals surface area contributed by atoms with Gasteiger partial charge in [0.2, 0.25) is 10.1 Å². The molecule has 0 aliphatic heterocycles. The molecular weight excluding hydrogens is 506 g/mol. The molecule has 3 aromatic carbocycles. The number of rotatable bonds is 5. The van der Waals surface area contributed by atoms with E-state index in [-0.39, 0.29) is 15.8 Å². The van der Waals surface area contributed by atoms with E-state index in [1.54, 1.807) is 19.1 Å². The van der Waals surface area contributed by atoms with Gasteiger partial charge in [-0.05, 0) is 53.1 Å². The molecule has 0 atom stereocenters. The molecule has 5 aromatic rings. The zero-order valence-corrected chi connectivity index (χ0v) is 19.9. The Hall–Kier alpha value is -4.38. The van der Waals surface area contributed by atoms with Crippen LogP contribution in [0.2, 0.25) is 0 Å². The number of amides is 1. The van der Waals surface area contributed by atoms with Crippen LogP contribution in [0.15, 0.2) is 84.1 Å². The highest BCUT2D eigenvalue weighted by Crippen LogP contribution is 2.36. The van der Waals surface area contributed by atoms with Crippen molar-refractivity contribution >= 4 is 33.7 Å². The zero-order chi connectivity index (χ0) is 26.2. The van der Waals surface area contributed by atoms with Crippen LogP contribution in [-0.4, -0.2) is 26.4 Å². The van der Waals surface area contributed by atoms with Gasteiger partial charge in [0.25, 0.3) is 0 Å². The summed E-state index contributed by atoms with van der Waals surface area (Å²) in [6.07, 6.45) is -3.64. The highest BCUT2D eigenvalue weighted by Gasteiger charge is 2.33. The van der Waals surface area contributed by atoms with Gasteiger partial charge in [-0.2, -0.15) is 18.3 Å². The monoisotopic (exact) mass is 523 g/mol. The van der Waals surface area contributed by atoms with Crippen molar-refractivity contribution < 1.29 is 22.4 Å². The largest absolute Gasteiger partial charge is 0.417 e. The topological polar surface area (TPSA) is 72.2 Å². The van der Waals surface area contributed by atoms with Crippen molar-refractivity contribution in [2.45, 2.75) is 13.1 Å². The average Bonchev–Trinajstić information content (AvgIpc) is 3.55. The van der Waals surface area contributed by atoms with Gasteiger partial charge in [0.1, 0.15) is 5.82 Å². The van der Waals surface area contributed by atoms with E-state index < -0.39 is 23.5 Å². The molecule has 1 N–H and O–H groups in total. The summed E-state index contributed by atoms with van der Waals surface area (Å²) in [6, 6.07) is 19.5. The fraction of sp³-hybridized carbons (Fsp3) is 0.0769. The summed E-state index contributed by atoms with van der Waals surface area (Å²) >= 11 is 0.822. The molecular formula is C26H17F4N5OS. The first-order valence-corrected chi connectivity index (χ1v) is 11.7. The molecule has 0 unspecified atom stereocenters. The van der Waals surface area contributed by atoms with Crippen LogP contribution in [0.4, 0.5) is 17.6 Å². The normalized spacial score (nSPS) is 12.2. The fourth-order valence-electron chi connectivity index (χ4n) is 3.69. The molecule has 0 radical (unpaired) electrons. The molecule has 1 amide bonds. The highest BCUT2D eigenvalue weighted by atomic mass is 32.1. The number of nitrogens with zero attached hydrogens (tertiary/aromatic N) is 4. The molecule has 0 spiro atoms. The Morgan fingerprint density at radius 2 is 1.70 bits per heavy atom. The number of aromatic nitrogens is 3. The van der Waals surface area contributed by atoms with Gasteiger partial charge in [0, 0.05) is 6.20 Å². The molecule has 0 aliphatic rings. The van der Waals surface area contributed by atoms with E-state index in [0.717, 1.165) is 34.4 Å². The van der Waals surface area contributed by atoms with E-state index in [2.05, 4.69) is 20.7 Å². The Kier molecular flexibility index (Phi) is 6.30. The Balaban J connectivity index is 1.46. The Labute approximate surface area is 211 Å². The lowest BCUT2D eigenvalue weighted by molar-refractivity contribution is -0.137. The van der Waals surface area contributed by atoms with Gasteiger partial charge in [-0.1, -0.05) is 59.9 Å². The number of halogens is 4. The van der Waals surface area contributed by atoms with Crippen molar-refractivity contribution in [2.24, 2.45) is 5.10 Å². The first-order chi connectivity index (χ1) is 17.7. The van der Waals surface area contributed by atoms with Gasteiger partial charge in [-0.3, -0.25) is 9.36 Å². The lowest BCUT2D eigenvalue weighted by Gasteiger charge is -2.07. The maximum atomic E-state index is 13.6. The minimum atomic E-state index is -4.58. The molecule has 186 valence electrons. The van der Waals surface area contributed by atoms with E-state index in [1.807, 2.05) is 30.3 Å². The number of hydrogen-bond donors (Lipinski definition) is 1. The zero-order valence-electron chi connectivity index (χ0n) is 19.1. The van der Waals surface area contributed by atoms with Crippen LogP contribution in [0.1, 0.15) is 27.9 Å². The third-order valence-corrected chi connectivity index (χ3v) is 6.52. The smallest absolute Gasteiger partial charge is 0.291 e. The number of nitrogens with one attached hydrogen (secondary N) is 1. The molecule has 0 bridgehead atoms. The van der Waals surface area contributed by atoms with Gasteiger partial charge < -0.3 is 0 Å². The van der Waals surface area contributed by atoms with Gasteiger partial charge in [-0.25, -0.2) is 9.82 Å². The second-order valence-electron chi connectivity index (χ2n) is 8.08. The molecule has 0 saturated heterocycles. The molecule has 0 fully saturated rings. The van der Waals surface area contributed by atoms with Crippen LogP contribution in [0.5, 0.6) is 0 Å². The van der Waals surface area contributed by atoms with Crippen molar-refractivity contribution in [1.29, 1.82) is 0 Å². The van der Waals surface area contributed by atoms with Crippen molar-refractivity contribution in [2.75, 3.05) is 0 Å². The van der Waals surface area contributed by atoms with Crippen molar-refractivity contribution in [1.82, 2.24) is 20.2 Å². The molecule has 37 heavy (non-hydrogen) atoms. The van der Waals surface area contributed by atoms with Crippen molar-refractivity contribution in [3.05, 3.63) is 101 Å². The SMILES string of the molecule is CC(=NNC(=O)c1nnc(-n2cc(C(F)(F)F)cc2-c2ccc3ccccc3c2)s1)c1ccc(F)cc1. The van der Waals surface area contributed by atoms with Crippen LogP contribution in [0.3, 0.4) is 0 Å². The maximum Gasteiger partial charge on any atom is 0.417 e. The van der Waals surface area contributed by atoms with E-state index >= 15 is 0 Å². The van der Waals surface area contributed by atoms with Crippen LogP contribution in [0, 0.1) is 5.82 Å². The summed E-state index contributed by atoms with van der Waals surface area (Å²) in [4.78, 5) is 12.6. The van der Waals surface area contributed by atoms with Crippen molar-refractivity contribution in [3.8, 4) is 16.4 Å². The predicted molar refractivity (Wildman–Crippen MR) is 133 cm³/mol. The summed E-state index contributed by atoms with van der Waals surface area (Å²) in [7, 11) is 0. The van der Waals surface area contributed by atoms with Gasteiger partial charge in [0.05, 0.1) is 17.0 Å². The second kappa shape index (κ2) is 9.58. The lowest BCUT2D eigenvalue weighted by atomic mass is 10.0. The molecule has 11 heteroatoms. The van der Waals surface area contributed by atoms with Crippen molar-refractivity contribution in [3.63, 3.8) is 0 Å². The number of hydrogen-bond acceptors (Lipinski definition) is 5. The lowest BCUT2D eigenvalue weighted by Crippen LogP contribution is -2.19. The number of alkyl halides is 3. The van der Waals surface area contributed by atoms with Crippen LogP contribution in [-0.2, 0) is 6.18 Å².